The maximum Gasteiger partial charge on any atom is 0.123 e. The van der Waals surface area contributed by atoms with Crippen LogP contribution in [0.25, 0.3) is 0 Å². The SMILES string of the molecule is CC(C)[C@@H]1CNCCN1C(c1ccc(F)cc1)c1ccc(F)cc1. The van der Waals surface area contributed by atoms with E-state index in [-0.39, 0.29) is 17.7 Å². The molecule has 1 heterocycles. The lowest BCUT2D eigenvalue weighted by Crippen LogP contribution is -2.54. The summed E-state index contributed by atoms with van der Waals surface area (Å²) in [6.45, 7) is 7.19. The van der Waals surface area contributed by atoms with Crippen LogP contribution in [0.5, 0.6) is 0 Å². The summed E-state index contributed by atoms with van der Waals surface area (Å²) in [5.41, 5.74) is 2.08. The van der Waals surface area contributed by atoms with Crippen LogP contribution in [0.3, 0.4) is 0 Å². The number of rotatable bonds is 4. The number of piperazine rings is 1. The van der Waals surface area contributed by atoms with Crippen molar-refractivity contribution in [2.75, 3.05) is 19.6 Å². The molecule has 0 amide bonds. The van der Waals surface area contributed by atoms with Crippen LogP contribution in [0.2, 0.25) is 0 Å². The van der Waals surface area contributed by atoms with Gasteiger partial charge in [-0.25, -0.2) is 8.78 Å². The van der Waals surface area contributed by atoms with Crippen LogP contribution in [0.15, 0.2) is 48.5 Å². The van der Waals surface area contributed by atoms with E-state index < -0.39 is 0 Å². The molecule has 0 aromatic heterocycles. The van der Waals surface area contributed by atoms with Gasteiger partial charge in [0, 0.05) is 25.7 Å². The summed E-state index contributed by atoms with van der Waals surface area (Å²) in [5, 5.41) is 3.46. The van der Waals surface area contributed by atoms with Crippen molar-refractivity contribution in [1.82, 2.24) is 10.2 Å². The molecule has 0 spiro atoms. The van der Waals surface area contributed by atoms with E-state index in [0.717, 1.165) is 30.8 Å². The van der Waals surface area contributed by atoms with Crippen LogP contribution in [0.4, 0.5) is 8.78 Å². The van der Waals surface area contributed by atoms with Gasteiger partial charge >= 0.3 is 0 Å². The van der Waals surface area contributed by atoms with Gasteiger partial charge in [0.2, 0.25) is 0 Å². The first-order valence-electron chi connectivity index (χ1n) is 8.53. The van der Waals surface area contributed by atoms with Gasteiger partial charge in [0.25, 0.3) is 0 Å². The van der Waals surface area contributed by atoms with E-state index in [1.54, 1.807) is 0 Å². The van der Waals surface area contributed by atoms with E-state index >= 15 is 0 Å². The molecule has 0 radical (unpaired) electrons. The zero-order chi connectivity index (χ0) is 17.1. The third-order valence-corrected chi connectivity index (χ3v) is 4.80. The van der Waals surface area contributed by atoms with E-state index in [2.05, 4.69) is 24.1 Å². The van der Waals surface area contributed by atoms with Crippen molar-refractivity contribution >= 4 is 0 Å². The van der Waals surface area contributed by atoms with Gasteiger partial charge in [0.15, 0.2) is 0 Å². The molecule has 3 rings (SSSR count). The van der Waals surface area contributed by atoms with Crippen molar-refractivity contribution in [2.24, 2.45) is 5.92 Å². The minimum atomic E-state index is -0.239. The average Bonchev–Trinajstić information content (AvgIpc) is 2.59. The lowest BCUT2D eigenvalue weighted by Gasteiger charge is -2.44. The number of hydrogen-bond donors (Lipinski definition) is 1. The van der Waals surface area contributed by atoms with Gasteiger partial charge < -0.3 is 5.32 Å². The van der Waals surface area contributed by atoms with Crippen LogP contribution in [-0.4, -0.2) is 30.6 Å². The maximum atomic E-state index is 13.4. The van der Waals surface area contributed by atoms with Gasteiger partial charge in [-0.3, -0.25) is 4.90 Å². The Balaban J connectivity index is 2.03. The van der Waals surface area contributed by atoms with Gasteiger partial charge in [-0.05, 0) is 41.3 Å². The van der Waals surface area contributed by atoms with Crippen molar-refractivity contribution in [2.45, 2.75) is 25.9 Å². The summed E-state index contributed by atoms with van der Waals surface area (Å²) < 4.78 is 26.8. The average molecular weight is 330 g/mol. The first-order valence-corrected chi connectivity index (χ1v) is 8.53. The fraction of sp³-hybridized carbons (Fsp3) is 0.400. The quantitative estimate of drug-likeness (QED) is 0.912. The number of nitrogens with one attached hydrogen (secondary N) is 1. The first-order chi connectivity index (χ1) is 11.6. The maximum absolute atomic E-state index is 13.4. The Morgan fingerprint density at radius 2 is 1.42 bits per heavy atom. The molecule has 1 N–H and O–H groups in total. The molecule has 0 saturated carbocycles. The Morgan fingerprint density at radius 3 is 1.88 bits per heavy atom. The Bertz CT molecular complexity index is 607. The molecule has 4 heteroatoms. The van der Waals surface area contributed by atoms with E-state index in [0.29, 0.717) is 12.0 Å². The third kappa shape index (κ3) is 3.65. The van der Waals surface area contributed by atoms with E-state index in [9.17, 15) is 8.78 Å². The highest BCUT2D eigenvalue weighted by Gasteiger charge is 2.32. The zero-order valence-electron chi connectivity index (χ0n) is 14.2. The van der Waals surface area contributed by atoms with Crippen molar-refractivity contribution in [3.05, 3.63) is 71.3 Å². The molecule has 2 aromatic carbocycles. The van der Waals surface area contributed by atoms with Gasteiger partial charge in [-0.15, -0.1) is 0 Å². The minimum Gasteiger partial charge on any atom is -0.314 e. The molecule has 0 unspecified atom stereocenters. The molecule has 0 aliphatic carbocycles. The molecular formula is C20H24F2N2. The molecule has 24 heavy (non-hydrogen) atoms. The largest absolute Gasteiger partial charge is 0.314 e. The second-order valence-corrected chi connectivity index (χ2v) is 6.76. The summed E-state index contributed by atoms with van der Waals surface area (Å²) in [6.07, 6.45) is 0. The minimum absolute atomic E-state index is 0.000648. The molecule has 1 aliphatic rings. The molecule has 2 nitrogen and oxygen atoms in total. The lowest BCUT2D eigenvalue weighted by atomic mass is 9.91. The van der Waals surface area contributed by atoms with Crippen molar-refractivity contribution in [3.63, 3.8) is 0 Å². The Morgan fingerprint density at radius 1 is 0.917 bits per heavy atom. The molecule has 1 aliphatic heterocycles. The predicted octanol–water partition coefficient (Wildman–Crippen LogP) is 3.98. The highest BCUT2D eigenvalue weighted by atomic mass is 19.1. The molecule has 1 atom stereocenters. The molecule has 128 valence electrons. The van der Waals surface area contributed by atoms with Crippen LogP contribution in [0.1, 0.15) is 31.0 Å². The monoisotopic (exact) mass is 330 g/mol. The molecule has 1 saturated heterocycles. The summed E-state index contributed by atoms with van der Waals surface area (Å²) >= 11 is 0. The Kier molecular flexibility index (Phi) is 5.27. The van der Waals surface area contributed by atoms with Crippen molar-refractivity contribution in [1.29, 1.82) is 0 Å². The first kappa shape index (κ1) is 17.1. The van der Waals surface area contributed by atoms with Crippen molar-refractivity contribution < 1.29 is 8.78 Å². The molecule has 1 fully saturated rings. The normalized spacial score (nSPS) is 19.2. The van der Waals surface area contributed by atoms with Gasteiger partial charge in [0.05, 0.1) is 6.04 Å². The van der Waals surface area contributed by atoms with Gasteiger partial charge in [-0.1, -0.05) is 38.1 Å². The van der Waals surface area contributed by atoms with Gasteiger partial charge in [0.1, 0.15) is 11.6 Å². The smallest absolute Gasteiger partial charge is 0.123 e. The number of hydrogen-bond acceptors (Lipinski definition) is 2. The number of halogens is 2. The number of benzene rings is 2. The van der Waals surface area contributed by atoms with Crippen LogP contribution < -0.4 is 5.32 Å². The molecule has 0 bridgehead atoms. The topological polar surface area (TPSA) is 15.3 Å². The van der Waals surface area contributed by atoms with Crippen molar-refractivity contribution in [3.8, 4) is 0 Å². The Labute approximate surface area is 142 Å². The standard InChI is InChI=1S/C20H24F2N2/c1-14(2)19-13-23-11-12-24(19)20(15-3-7-17(21)8-4-15)16-5-9-18(22)10-6-16/h3-10,14,19-20,23H,11-13H2,1-2H3/t19-/m0/s1. The third-order valence-electron chi connectivity index (χ3n) is 4.80. The summed E-state index contributed by atoms with van der Waals surface area (Å²) in [7, 11) is 0. The fourth-order valence-corrected chi connectivity index (χ4v) is 3.55. The predicted molar refractivity (Wildman–Crippen MR) is 92.8 cm³/mol. The second-order valence-electron chi connectivity index (χ2n) is 6.76. The van der Waals surface area contributed by atoms with E-state index in [1.165, 1.54) is 24.3 Å². The number of nitrogens with zero attached hydrogens (tertiary/aromatic N) is 1. The fourth-order valence-electron chi connectivity index (χ4n) is 3.55. The second kappa shape index (κ2) is 7.41. The zero-order valence-corrected chi connectivity index (χ0v) is 14.2. The van der Waals surface area contributed by atoms with Crippen LogP contribution >= 0.6 is 0 Å². The van der Waals surface area contributed by atoms with E-state index in [1.807, 2.05) is 24.3 Å². The Hall–Kier alpha value is -1.78. The van der Waals surface area contributed by atoms with Crippen LogP contribution in [0, 0.1) is 17.6 Å². The van der Waals surface area contributed by atoms with E-state index in [4.69, 9.17) is 0 Å². The highest BCUT2D eigenvalue weighted by Crippen LogP contribution is 2.33. The summed E-state index contributed by atoms with van der Waals surface area (Å²) in [4.78, 5) is 2.46. The molecular weight excluding hydrogens is 306 g/mol. The van der Waals surface area contributed by atoms with Crippen LogP contribution in [-0.2, 0) is 0 Å². The van der Waals surface area contributed by atoms with Gasteiger partial charge in [-0.2, -0.15) is 0 Å². The summed E-state index contributed by atoms with van der Waals surface area (Å²) in [6, 6.07) is 13.7. The lowest BCUT2D eigenvalue weighted by molar-refractivity contribution is 0.0932. The summed E-state index contributed by atoms with van der Waals surface area (Å²) in [5.74, 6) is 0.0100. The molecule has 2 aromatic rings. The highest BCUT2D eigenvalue weighted by molar-refractivity contribution is 5.33.